The molecule has 7 nitrogen and oxygen atoms in total. The summed E-state index contributed by atoms with van der Waals surface area (Å²) in [6.45, 7) is 1.66. The Morgan fingerprint density at radius 2 is 1.80 bits per heavy atom. The van der Waals surface area contributed by atoms with Gasteiger partial charge in [-0.2, -0.15) is 5.10 Å². The second-order valence-electron chi connectivity index (χ2n) is 9.05. The van der Waals surface area contributed by atoms with E-state index in [0.29, 0.717) is 28.1 Å². The molecule has 0 saturated carbocycles. The molecule has 198 valence electrons. The molecule has 4 aromatic heterocycles. The van der Waals surface area contributed by atoms with Gasteiger partial charge in [-0.25, -0.2) is 18.3 Å². The number of hydrogen-bond donors (Lipinski definition) is 0. The number of carbonyl (C=O) groups excluding carboxylic acids is 1. The summed E-state index contributed by atoms with van der Waals surface area (Å²) in [5.74, 6) is -1.17. The summed E-state index contributed by atoms with van der Waals surface area (Å²) in [7, 11) is 0. The fourth-order valence-corrected chi connectivity index (χ4v) is 5.19. The van der Waals surface area contributed by atoms with E-state index in [1.807, 2.05) is 11.4 Å². The molecular formula is C30H20F2N4O3S. The molecule has 0 unspecified atom stereocenters. The van der Waals surface area contributed by atoms with Crippen LogP contribution in [-0.2, 0) is 6.42 Å². The lowest BCUT2D eigenvalue weighted by Gasteiger charge is -2.12. The summed E-state index contributed by atoms with van der Waals surface area (Å²) >= 11 is 1.47. The number of ether oxygens (including phenoxy) is 1. The van der Waals surface area contributed by atoms with Crippen molar-refractivity contribution in [1.82, 2.24) is 19.2 Å². The summed E-state index contributed by atoms with van der Waals surface area (Å²) in [4.78, 5) is 30.7. The van der Waals surface area contributed by atoms with Crippen molar-refractivity contribution in [3.05, 3.63) is 130 Å². The fraction of sp³-hybridized carbons (Fsp3) is 0.0667. The molecule has 0 aliphatic heterocycles. The number of halogens is 2. The topological polar surface area (TPSA) is 78.5 Å². The van der Waals surface area contributed by atoms with E-state index in [1.165, 1.54) is 58.5 Å². The lowest BCUT2D eigenvalue weighted by atomic mass is 10.0. The van der Waals surface area contributed by atoms with E-state index in [0.717, 1.165) is 10.6 Å². The van der Waals surface area contributed by atoms with Crippen LogP contribution < -0.4 is 10.3 Å². The Balaban J connectivity index is 1.27. The van der Waals surface area contributed by atoms with Gasteiger partial charge in [0.25, 0.3) is 5.56 Å². The van der Waals surface area contributed by atoms with Crippen molar-refractivity contribution >= 4 is 22.6 Å². The van der Waals surface area contributed by atoms with Gasteiger partial charge in [0.15, 0.2) is 23.1 Å². The molecule has 0 saturated heterocycles. The number of benzene rings is 2. The number of ketones is 1. The van der Waals surface area contributed by atoms with Crippen LogP contribution in [0.4, 0.5) is 8.78 Å². The van der Waals surface area contributed by atoms with Gasteiger partial charge in [-0.05, 0) is 66.6 Å². The Morgan fingerprint density at radius 1 is 0.975 bits per heavy atom. The molecule has 0 amide bonds. The van der Waals surface area contributed by atoms with Crippen molar-refractivity contribution in [2.75, 3.05) is 0 Å². The number of hydrogen-bond acceptors (Lipinski definition) is 6. The zero-order chi connectivity index (χ0) is 27.8. The third-order valence-corrected chi connectivity index (χ3v) is 7.25. The Morgan fingerprint density at radius 3 is 2.55 bits per heavy atom. The smallest absolute Gasteiger partial charge is 0.266 e. The molecule has 0 aliphatic carbocycles. The average molecular weight is 555 g/mol. The maximum atomic E-state index is 15.2. The van der Waals surface area contributed by atoms with Crippen LogP contribution in [0.15, 0.2) is 95.6 Å². The summed E-state index contributed by atoms with van der Waals surface area (Å²) < 4.78 is 37.4. The van der Waals surface area contributed by atoms with E-state index in [-0.39, 0.29) is 17.7 Å². The fourth-order valence-electron chi connectivity index (χ4n) is 4.53. The Kier molecular flexibility index (Phi) is 6.53. The number of rotatable bonds is 7. The molecule has 0 spiro atoms. The molecular weight excluding hydrogens is 534 g/mol. The number of Topliss-reactive ketones (excluding diaryl/α,β-unsaturated/α-hetero) is 1. The average Bonchev–Trinajstić information content (AvgIpc) is 3.62. The third kappa shape index (κ3) is 4.69. The number of carbonyl (C=O) groups is 1. The molecule has 6 rings (SSSR count). The SMILES string of the molecule is Cc1ccn(-c2ccc(F)cc2)c(=O)c1C(=O)Cc1ccc(Oc2ccnn3ccc(-c4nccs4)c23)c(F)c1. The van der Waals surface area contributed by atoms with Crippen LogP contribution in [0.3, 0.4) is 0 Å². The minimum absolute atomic E-state index is 0.00492. The molecule has 2 aromatic carbocycles. The summed E-state index contributed by atoms with van der Waals surface area (Å²) in [5, 5.41) is 6.94. The zero-order valence-corrected chi connectivity index (χ0v) is 21.9. The van der Waals surface area contributed by atoms with Gasteiger partial charge in [0.05, 0.1) is 11.8 Å². The summed E-state index contributed by atoms with van der Waals surface area (Å²) in [6, 6.07) is 14.8. The minimum Gasteiger partial charge on any atom is -0.452 e. The van der Waals surface area contributed by atoms with Crippen molar-refractivity contribution in [2.45, 2.75) is 13.3 Å². The highest BCUT2D eigenvalue weighted by Crippen LogP contribution is 2.35. The Bertz CT molecular complexity index is 1930. The number of pyridine rings is 1. The van der Waals surface area contributed by atoms with Crippen LogP contribution in [0.5, 0.6) is 11.5 Å². The van der Waals surface area contributed by atoms with Gasteiger partial charge in [0.2, 0.25) is 0 Å². The molecule has 0 radical (unpaired) electrons. The maximum Gasteiger partial charge on any atom is 0.266 e. The lowest BCUT2D eigenvalue weighted by molar-refractivity contribution is 0.0990. The van der Waals surface area contributed by atoms with Crippen LogP contribution in [-0.4, -0.2) is 24.9 Å². The highest BCUT2D eigenvalue weighted by atomic mass is 32.1. The van der Waals surface area contributed by atoms with Crippen molar-refractivity contribution in [2.24, 2.45) is 0 Å². The van der Waals surface area contributed by atoms with Gasteiger partial charge in [-0.3, -0.25) is 14.2 Å². The number of aryl methyl sites for hydroxylation is 1. The van der Waals surface area contributed by atoms with Gasteiger partial charge >= 0.3 is 0 Å². The zero-order valence-electron chi connectivity index (χ0n) is 21.0. The molecule has 0 bridgehead atoms. The first kappa shape index (κ1) is 25.3. The number of fused-ring (bicyclic) bond motifs is 1. The summed E-state index contributed by atoms with van der Waals surface area (Å²) in [5.41, 5.74) is 2.24. The van der Waals surface area contributed by atoms with E-state index < -0.39 is 23.0 Å². The standard InChI is InChI=1S/C30H20F2N4O3S/c1-18-9-13-35(21-5-3-20(31)4-6-21)30(38)27(18)24(37)17-19-2-7-25(23(32)16-19)39-26-8-11-34-36-14-10-22(28(26)36)29-33-12-15-40-29/h2-16H,17H2,1H3. The first-order valence-corrected chi connectivity index (χ1v) is 13.1. The van der Waals surface area contributed by atoms with Gasteiger partial charge < -0.3 is 4.74 Å². The predicted molar refractivity (Wildman–Crippen MR) is 148 cm³/mol. The highest BCUT2D eigenvalue weighted by Gasteiger charge is 2.19. The van der Waals surface area contributed by atoms with Crippen molar-refractivity contribution < 1.29 is 18.3 Å². The van der Waals surface area contributed by atoms with Gasteiger partial charge in [0.1, 0.15) is 16.3 Å². The van der Waals surface area contributed by atoms with E-state index >= 15 is 4.39 Å². The van der Waals surface area contributed by atoms with Crippen molar-refractivity contribution in [1.29, 1.82) is 0 Å². The molecule has 0 aliphatic rings. The van der Waals surface area contributed by atoms with E-state index in [4.69, 9.17) is 4.74 Å². The van der Waals surface area contributed by atoms with E-state index in [9.17, 15) is 14.0 Å². The van der Waals surface area contributed by atoms with Crippen molar-refractivity contribution in [3.8, 4) is 27.8 Å². The minimum atomic E-state index is -0.656. The molecule has 0 fully saturated rings. The number of nitrogens with zero attached hydrogens (tertiary/aromatic N) is 4. The quantitative estimate of drug-likeness (QED) is 0.213. The Labute approximate surface area is 230 Å². The van der Waals surface area contributed by atoms with Crippen LogP contribution >= 0.6 is 11.3 Å². The molecule has 10 heteroatoms. The van der Waals surface area contributed by atoms with Crippen LogP contribution in [0, 0.1) is 18.6 Å². The molecule has 4 heterocycles. The largest absolute Gasteiger partial charge is 0.452 e. The van der Waals surface area contributed by atoms with Crippen molar-refractivity contribution in [3.63, 3.8) is 0 Å². The van der Waals surface area contributed by atoms with E-state index in [1.54, 1.807) is 48.2 Å². The van der Waals surface area contributed by atoms with Gasteiger partial charge in [0, 0.05) is 47.7 Å². The number of aromatic nitrogens is 4. The monoisotopic (exact) mass is 554 g/mol. The highest BCUT2D eigenvalue weighted by molar-refractivity contribution is 7.13. The van der Waals surface area contributed by atoms with E-state index in [2.05, 4.69) is 10.1 Å². The van der Waals surface area contributed by atoms with Crippen LogP contribution in [0.1, 0.15) is 21.5 Å². The van der Waals surface area contributed by atoms with Gasteiger partial charge in [-0.1, -0.05) is 6.07 Å². The predicted octanol–water partition coefficient (Wildman–Crippen LogP) is 6.41. The molecule has 0 N–H and O–H groups in total. The second kappa shape index (κ2) is 10.3. The lowest BCUT2D eigenvalue weighted by Crippen LogP contribution is -2.27. The third-order valence-electron chi connectivity index (χ3n) is 6.44. The van der Waals surface area contributed by atoms with Crippen LogP contribution in [0.25, 0.3) is 21.8 Å². The molecule has 0 atom stereocenters. The van der Waals surface area contributed by atoms with Crippen LogP contribution in [0.2, 0.25) is 0 Å². The first-order chi connectivity index (χ1) is 19.4. The summed E-state index contributed by atoms with van der Waals surface area (Å²) in [6.07, 6.45) is 6.39. The molecule has 40 heavy (non-hydrogen) atoms. The molecule has 6 aromatic rings. The van der Waals surface area contributed by atoms with Gasteiger partial charge in [-0.15, -0.1) is 11.3 Å². The maximum absolute atomic E-state index is 15.2. The number of thiazole rings is 1. The first-order valence-electron chi connectivity index (χ1n) is 12.2. The normalized spacial score (nSPS) is 11.2. The second-order valence-corrected chi connectivity index (χ2v) is 9.94. The Hall–Kier alpha value is -4.96.